The lowest BCUT2D eigenvalue weighted by Crippen LogP contribution is -2.40. The van der Waals surface area contributed by atoms with Crippen molar-refractivity contribution in [2.24, 2.45) is 5.92 Å². The summed E-state index contributed by atoms with van der Waals surface area (Å²) in [6.07, 6.45) is -2.48. The molecule has 1 saturated carbocycles. The number of H-pyrrole nitrogens is 1. The summed E-state index contributed by atoms with van der Waals surface area (Å²) in [5, 5.41) is 0. The fourth-order valence-corrected chi connectivity index (χ4v) is 3.55. The van der Waals surface area contributed by atoms with E-state index in [0.717, 1.165) is 23.5 Å². The highest BCUT2D eigenvalue weighted by Gasteiger charge is 2.46. The van der Waals surface area contributed by atoms with Crippen molar-refractivity contribution in [3.8, 4) is 0 Å². The van der Waals surface area contributed by atoms with Gasteiger partial charge in [-0.15, -0.1) is 0 Å². The summed E-state index contributed by atoms with van der Waals surface area (Å²) in [6.45, 7) is 2.25. The molecule has 0 aliphatic heterocycles. The van der Waals surface area contributed by atoms with Crippen molar-refractivity contribution in [1.82, 2.24) is 9.55 Å². The third kappa shape index (κ3) is 4.12. The van der Waals surface area contributed by atoms with Gasteiger partial charge in [-0.05, 0) is 36.5 Å². The molecule has 0 spiro atoms. The van der Waals surface area contributed by atoms with Crippen molar-refractivity contribution in [2.75, 3.05) is 17.7 Å². The molecule has 0 bridgehead atoms. The topological polar surface area (TPSA) is 101 Å². The van der Waals surface area contributed by atoms with Gasteiger partial charge in [-0.2, -0.15) is 13.2 Å². The molecule has 1 aliphatic rings. The first-order valence-corrected chi connectivity index (χ1v) is 9.63. The maximum atomic E-state index is 12.9. The zero-order valence-corrected chi connectivity index (χ0v) is 16.6. The number of aromatic nitrogens is 2. The molecule has 2 aromatic rings. The number of nitrogen functional groups attached to an aromatic ring is 1. The molecule has 0 radical (unpaired) electrons. The molecule has 1 aromatic heterocycles. The van der Waals surface area contributed by atoms with Crippen LogP contribution < -0.4 is 21.9 Å². The van der Waals surface area contributed by atoms with Crippen LogP contribution in [0.2, 0.25) is 0 Å². The predicted octanol–water partition coefficient (Wildman–Crippen LogP) is 2.70. The van der Waals surface area contributed by atoms with E-state index in [1.165, 1.54) is 23.7 Å². The highest BCUT2D eigenvalue weighted by atomic mass is 19.4. The fourth-order valence-electron chi connectivity index (χ4n) is 3.55. The van der Waals surface area contributed by atoms with Gasteiger partial charge in [-0.3, -0.25) is 19.1 Å². The zero-order valence-electron chi connectivity index (χ0n) is 16.6. The average molecular weight is 424 g/mol. The van der Waals surface area contributed by atoms with Crippen LogP contribution in [0.3, 0.4) is 0 Å². The highest BCUT2D eigenvalue weighted by molar-refractivity contribution is 5.98. The van der Waals surface area contributed by atoms with E-state index in [1.54, 1.807) is 0 Å². The summed E-state index contributed by atoms with van der Waals surface area (Å²) >= 11 is 0. The van der Waals surface area contributed by atoms with Gasteiger partial charge in [0.25, 0.3) is 5.56 Å². The summed E-state index contributed by atoms with van der Waals surface area (Å²) in [5.74, 6) is -1.16. The number of carbonyl (C=O) groups excluding carboxylic acids is 1. The van der Waals surface area contributed by atoms with Crippen molar-refractivity contribution in [3.05, 3.63) is 56.2 Å². The first-order chi connectivity index (χ1) is 14.1. The Morgan fingerprint density at radius 2 is 1.90 bits per heavy atom. The Bertz CT molecular complexity index is 1060. The lowest BCUT2D eigenvalue weighted by molar-refractivity contribution is -0.137. The van der Waals surface area contributed by atoms with Crippen LogP contribution in [0.4, 0.5) is 24.7 Å². The summed E-state index contributed by atoms with van der Waals surface area (Å²) in [4.78, 5) is 40.5. The number of alkyl halides is 3. The Morgan fingerprint density at radius 3 is 2.47 bits per heavy atom. The van der Waals surface area contributed by atoms with Crippen molar-refractivity contribution < 1.29 is 18.0 Å². The van der Waals surface area contributed by atoms with Crippen LogP contribution in [0.25, 0.3) is 0 Å². The number of nitrogens with one attached hydrogen (secondary N) is 1. The highest BCUT2D eigenvalue weighted by Crippen LogP contribution is 2.49. The van der Waals surface area contributed by atoms with Gasteiger partial charge in [0.15, 0.2) is 5.69 Å². The molecule has 1 amide bonds. The van der Waals surface area contributed by atoms with Crippen LogP contribution >= 0.6 is 0 Å². The lowest BCUT2D eigenvalue weighted by Gasteiger charge is -2.20. The molecule has 162 valence electrons. The molecule has 3 rings (SSSR count). The van der Waals surface area contributed by atoms with Crippen molar-refractivity contribution in [1.29, 1.82) is 0 Å². The number of unbranched alkanes of at least 4 members (excludes halogenated alkanes) is 1. The molecule has 2 atom stereocenters. The maximum absolute atomic E-state index is 12.9. The molecule has 30 heavy (non-hydrogen) atoms. The molecule has 7 nitrogen and oxygen atoms in total. The van der Waals surface area contributed by atoms with Gasteiger partial charge in [0.05, 0.1) is 5.56 Å². The Kier molecular flexibility index (Phi) is 5.78. The normalized spacial score (nSPS) is 18.3. The molecule has 1 fully saturated rings. The molecule has 3 N–H and O–H groups in total. The number of benzene rings is 1. The van der Waals surface area contributed by atoms with Gasteiger partial charge in [-0.25, -0.2) is 4.79 Å². The molecular weight excluding hydrogens is 401 g/mol. The molecule has 1 aliphatic carbocycles. The summed E-state index contributed by atoms with van der Waals surface area (Å²) in [5.41, 5.74) is 4.42. The lowest BCUT2D eigenvalue weighted by atomic mass is 10.1. The number of nitrogens with zero attached hydrogens (tertiary/aromatic N) is 2. The first-order valence-electron chi connectivity index (χ1n) is 9.63. The monoisotopic (exact) mass is 424 g/mol. The van der Waals surface area contributed by atoms with Gasteiger partial charge in [0.2, 0.25) is 5.91 Å². The van der Waals surface area contributed by atoms with E-state index in [-0.39, 0.29) is 23.3 Å². The maximum Gasteiger partial charge on any atom is 0.416 e. The van der Waals surface area contributed by atoms with Crippen molar-refractivity contribution in [2.45, 2.75) is 44.8 Å². The van der Waals surface area contributed by atoms with Crippen LogP contribution in [0.1, 0.15) is 43.2 Å². The molecular formula is C20H23F3N4O3. The van der Waals surface area contributed by atoms with E-state index in [1.807, 2.05) is 6.92 Å². The van der Waals surface area contributed by atoms with E-state index in [4.69, 9.17) is 5.73 Å². The molecule has 1 heterocycles. The largest absolute Gasteiger partial charge is 0.416 e. The average Bonchev–Trinajstić information content (AvgIpc) is 3.47. The van der Waals surface area contributed by atoms with Crippen molar-refractivity contribution in [3.63, 3.8) is 0 Å². The van der Waals surface area contributed by atoms with Gasteiger partial charge in [0.1, 0.15) is 5.82 Å². The number of aromatic amines is 1. The third-order valence-electron chi connectivity index (χ3n) is 5.39. The third-order valence-corrected chi connectivity index (χ3v) is 5.39. The standard InChI is InChI=1S/C20H23F3N4O3/c1-3-4-9-27-16(24)15(17(28)25-19(27)30)26(2)18(29)14-10-13(14)11-5-7-12(8-6-11)20(21,22)23/h5-8,13-14H,3-4,9-10,24H2,1-2H3,(H,25,28,30). The predicted molar refractivity (Wildman–Crippen MR) is 106 cm³/mol. The summed E-state index contributed by atoms with van der Waals surface area (Å²) in [7, 11) is 1.40. The molecule has 0 saturated heterocycles. The van der Waals surface area contributed by atoms with Gasteiger partial charge < -0.3 is 10.6 Å². The number of anilines is 2. The number of carbonyl (C=O) groups is 1. The Labute approximate surface area is 170 Å². The minimum atomic E-state index is -4.42. The van der Waals surface area contributed by atoms with Crippen LogP contribution in [0, 0.1) is 5.92 Å². The second-order valence-electron chi connectivity index (χ2n) is 7.46. The molecule has 10 heteroatoms. The van der Waals surface area contributed by atoms with E-state index in [9.17, 15) is 27.6 Å². The first kappa shape index (κ1) is 21.7. The number of halogens is 3. The van der Waals surface area contributed by atoms with Crippen LogP contribution in [-0.4, -0.2) is 22.5 Å². The number of hydrogen-bond acceptors (Lipinski definition) is 4. The zero-order chi connectivity index (χ0) is 22.2. The van der Waals surface area contributed by atoms with Gasteiger partial charge in [-0.1, -0.05) is 25.5 Å². The second kappa shape index (κ2) is 8.00. The van der Waals surface area contributed by atoms with Crippen LogP contribution in [0.5, 0.6) is 0 Å². The van der Waals surface area contributed by atoms with Crippen LogP contribution in [-0.2, 0) is 17.5 Å². The Morgan fingerprint density at radius 1 is 1.27 bits per heavy atom. The quantitative estimate of drug-likeness (QED) is 0.745. The van der Waals surface area contributed by atoms with Crippen molar-refractivity contribution >= 4 is 17.4 Å². The van der Waals surface area contributed by atoms with E-state index >= 15 is 0 Å². The minimum Gasteiger partial charge on any atom is -0.383 e. The number of amides is 1. The fraction of sp³-hybridized carbons (Fsp3) is 0.450. The molecule has 1 aromatic carbocycles. The SMILES string of the molecule is CCCCn1c(N)c(N(C)C(=O)C2CC2c2ccc(C(F)(F)F)cc2)c(=O)[nH]c1=O. The Hall–Kier alpha value is -3.04. The van der Waals surface area contributed by atoms with E-state index < -0.39 is 28.9 Å². The summed E-state index contributed by atoms with van der Waals surface area (Å²) < 4.78 is 39.4. The number of rotatable bonds is 6. The van der Waals surface area contributed by atoms with Gasteiger partial charge in [0, 0.05) is 19.5 Å². The Balaban J connectivity index is 1.80. The van der Waals surface area contributed by atoms with Crippen LogP contribution in [0.15, 0.2) is 33.9 Å². The number of hydrogen-bond donors (Lipinski definition) is 2. The van der Waals surface area contributed by atoms with E-state index in [0.29, 0.717) is 24.9 Å². The second-order valence-corrected chi connectivity index (χ2v) is 7.46. The summed E-state index contributed by atoms with van der Waals surface area (Å²) in [6, 6.07) is 4.72. The molecule has 2 unspecified atom stereocenters. The smallest absolute Gasteiger partial charge is 0.383 e. The van der Waals surface area contributed by atoms with Gasteiger partial charge >= 0.3 is 11.9 Å². The van der Waals surface area contributed by atoms with E-state index in [2.05, 4.69) is 4.98 Å². The number of nitrogens with two attached hydrogens (primary N) is 1. The minimum absolute atomic E-state index is 0.0835.